The Morgan fingerprint density at radius 3 is 2.88 bits per heavy atom. The van der Waals surface area contributed by atoms with E-state index in [0.29, 0.717) is 11.5 Å². The lowest BCUT2D eigenvalue weighted by Crippen LogP contribution is -2.27. The van der Waals surface area contributed by atoms with Gasteiger partial charge >= 0.3 is 7.12 Å². The second kappa shape index (κ2) is 3.63. The van der Waals surface area contributed by atoms with Crippen LogP contribution in [0.2, 0.25) is 5.82 Å². The van der Waals surface area contributed by atoms with Gasteiger partial charge in [-0.25, -0.2) is 0 Å². The van der Waals surface area contributed by atoms with Crippen molar-refractivity contribution in [1.82, 2.24) is 0 Å². The fourth-order valence-electron chi connectivity index (χ4n) is 2.54. The summed E-state index contributed by atoms with van der Waals surface area (Å²) in [7, 11) is 0.587. The summed E-state index contributed by atoms with van der Waals surface area (Å²) < 4.78 is 10.5. The molecule has 6 heteroatoms. The van der Waals surface area contributed by atoms with Crippen LogP contribution in [-0.4, -0.2) is 29.5 Å². The first-order valence-corrected chi connectivity index (χ1v) is 5.55. The Hall–Kier alpha value is -1.24. The van der Waals surface area contributed by atoms with Crippen LogP contribution in [0.1, 0.15) is 29.8 Å². The van der Waals surface area contributed by atoms with Crippen LogP contribution in [0.25, 0.3) is 0 Å². The van der Waals surface area contributed by atoms with E-state index in [0.717, 1.165) is 12.0 Å². The summed E-state index contributed by atoms with van der Waals surface area (Å²) in [4.78, 5) is 0. The fourth-order valence-corrected chi connectivity index (χ4v) is 2.54. The highest BCUT2D eigenvalue weighted by atomic mass is 16.5. The van der Waals surface area contributed by atoms with Crippen LogP contribution in [0.15, 0.2) is 12.1 Å². The topological polar surface area (TPSA) is 79.2 Å². The molecule has 0 aromatic heterocycles. The van der Waals surface area contributed by atoms with E-state index < -0.39 is 13.4 Å². The van der Waals surface area contributed by atoms with Crippen molar-refractivity contribution in [2.24, 2.45) is 0 Å². The van der Waals surface area contributed by atoms with E-state index in [2.05, 4.69) is 0 Å². The van der Waals surface area contributed by atoms with Gasteiger partial charge in [0.05, 0.1) is 12.7 Å². The Labute approximate surface area is 98.7 Å². The molecule has 1 aromatic carbocycles. The second-order valence-corrected chi connectivity index (χ2v) is 4.49. The molecule has 0 unspecified atom stereocenters. The first kappa shape index (κ1) is 10.9. The number of fused-ring (bicyclic) bond motifs is 3. The van der Waals surface area contributed by atoms with Crippen LogP contribution >= 0.6 is 0 Å². The zero-order valence-corrected chi connectivity index (χ0v) is 9.33. The van der Waals surface area contributed by atoms with Gasteiger partial charge in [0.2, 0.25) is 0 Å². The average molecular weight is 236 g/mol. The van der Waals surface area contributed by atoms with Gasteiger partial charge in [0.1, 0.15) is 11.5 Å². The van der Waals surface area contributed by atoms with E-state index in [9.17, 15) is 15.2 Å². The molecule has 0 spiro atoms. The number of rotatable bonds is 2. The van der Waals surface area contributed by atoms with E-state index in [-0.39, 0.29) is 17.3 Å². The molecule has 0 radical (unpaired) electrons. The molecule has 90 valence electrons. The van der Waals surface area contributed by atoms with Gasteiger partial charge in [-0.3, -0.25) is 0 Å². The number of ether oxygens (including phenoxy) is 1. The van der Waals surface area contributed by atoms with Gasteiger partial charge in [0.15, 0.2) is 6.29 Å². The summed E-state index contributed by atoms with van der Waals surface area (Å²) in [5, 5.41) is 28.5. The van der Waals surface area contributed by atoms with E-state index >= 15 is 0 Å². The van der Waals surface area contributed by atoms with Crippen LogP contribution in [-0.2, 0) is 0 Å². The van der Waals surface area contributed by atoms with Gasteiger partial charge in [0, 0.05) is 5.82 Å². The molecule has 0 saturated heterocycles. The van der Waals surface area contributed by atoms with Crippen LogP contribution in [0, 0.1) is 0 Å². The molecule has 0 bridgehead atoms. The summed E-state index contributed by atoms with van der Waals surface area (Å²) >= 11 is 0. The number of aliphatic hydroxyl groups excluding tert-OH is 1. The third kappa shape index (κ3) is 1.52. The Bertz CT molecular complexity index is 461. The van der Waals surface area contributed by atoms with E-state index in [1.807, 2.05) is 6.07 Å². The highest BCUT2D eigenvalue weighted by Crippen LogP contribution is 2.61. The lowest BCUT2D eigenvalue weighted by molar-refractivity contribution is -0.0450. The number of hydrogen-bond donors (Lipinski definition) is 3. The van der Waals surface area contributed by atoms with Crippen molar-refractivity contribution >= 4 is 7.12 Å². The molecule has 1 aliphatic carbocycles. The smallest absolute Gasteiger partial charge is 0.526 e. The molecule has 5 nitrogen and oxygen atoms in total. The molecule has 0 amide bonds. The van der Waals surface area contributed by atoms with Crippen molar-refractivity contribution in [3.05, 3.63) is 23.3 Å². The van der Waals surface area contributed by atoms with Crippen molar-refractivity contribution in [2.75, 3.05) is 7.11 Å². The summed E-state index contributed by atoms with van der Waals surface area (Å²) in [5.74, 6) is 1.10. The third-order valence-electron chi connectivity index (χ3n) is 3.51. The lowest BCUT2D eigenvalue weighted by atomic mass is 9.77. The summed E-state index contributed by atoms with van der Waals surface area (Å²) in [5.41, 5.74) is 1.11. The number of benzene rings is 1. The summed E-state index contributed by atoms with van der Waals surface area (Å²) in [6, 6.07) is 3.56. The fraction of sp³-hybridized carbons (Fsp3) is 0.455. The van der Waals surface area contributed by atoms with Crippen molar-refractivity contribution in [1.29, 1.82) is 0 Å². The van der Waals surface area contributed by atoms with Crippen LogP contribution in [0.3, 0.4) is 0 Å². The number of aliphatic hydroxyl groups is 2. The first-order chi connectivity index (χ1) is 8.13. The Balaban J connectivity index is 2.15. The number of methoxy groups -OCH3 is 1. The van der Waals surface area contributed by atoms with Crippen LogP contribution < -0.4 is 9.39 Å². The minimum Gasteiger partial charge on any atom is -0.535 e. The molecule has 17 heavy (non-hydrogen) atoms. The standard InChI is InChI=1S/C11H13BO5/c1-16-8-3-2-5-6-4-7(6)12(15)17-10(5)9(8)11(13)14/h2-3,6-7,11,13-15H,4H2,1H3/t6-,7-/m1/s1. The zero-order valence-electron chi connectivity index (χ0n) is 9.33. The van der Waals surface area contributed by atoms with Crippen molar-refractivity contribution in [3.8, 4) is 11.5 Å². The van der Waals surface area contributed by atoms with E-state index in [1.54, 1.807) is 6.07 Å². The summed E-state index contributed by atoms with van der Waals surface area (Å²) in [6.45, 7) is 0. The van der Waals surface area contributed by atoms with Crippen LogP contribution in [0.5, 0.6) is 11.5 Å². The van der Waals surface area contributed by atoms with Gasteiger partial charge < -0.3 is 24.6 Å². The molecule has 3 N–H and O–H groups in total. The Kier molecular flexibility index (Phi) is 2.32. The van der Waals surface area contributed by atoms with Crippen molar-refractivity contribution in [3.63, 3.8) is 0 Å². The molecule has 1 aromatic rings. The zero-order chi connectivity index (χ0) is 12.2. The average Bonchev–Trinajstić information content (AvgIpc) is 3.08. The Morgan fingerprint density at radius 1 is 1.47 bits per heavy atom. The number of hydrogen-bond acceptors (Lipinski definition) is 5. The van der Waals surface area contributed by atoms with Gasteiger partial charge in [0.25, 0.3) is 0 Å². The SMILES string of the molecule is COc1ccc2c(c1C(O)O)OB(O)[C@@H]1C[C@H]21. The molecule has 3 rings (SSSR count). The first-order valence-electron chi connectivity index (χ1n) is 5.55. The van der Waals surface area contributed by atoms with Crippen molar-refractivity contribution < 1.29 is 24.6 Å². The Morgan fingerprint density at radius 2 is 2.24 bits per heavy atom. The van der Waals surface area contributed by atoms with Gasteiger partial charge in [-0.1, -0.05) is 6.07 Å². The highest BCUT2D eigenvalue weighted by Gasteiger charge is 2.54. The van der Waals surface area contributed by atoms with E-state index in [1.165, 1.54) is 7.11 Å². The maximum atomic E-state index is 9.71. The normalized spacial score (nSPS) is 25.1. The van der Waals surface area contributed by atoms with Gasteiger partial charge in [-0.05, 0) is 24.0 Å². The molecule has 1 fully saturated rings. The quantitative estimate of drug-likeness (QED) is 0.512. The highest BCUT2D eigenvalue weighted by molar-refractivity contribution is 6.48. The molecule has 2 aliphatic rings. The third-order valence-corrected chi connectivity index (χ3v) is 3.51. The maximum absolute atomic E-state index is 9.71. The molecule has 1 saturated carbocycles. The van der Waals surface area contributed by atoms with Crippen molar-refractivity contribution in [2.45, 2.75) is 24.4 Å². The molecule has 2 atom stereocenters. The maximum Gasteiger partial charge on any atom is 0.526 e. The minimum atomic E-state index is -1.68. The minimum absolute atomic E-state index is 0.139. The van der Waals surface area contributed by atoms with Gasteiger partial charge in [-0.15, -0.1) is 0 Å². The molecular weight excluding hydrogens is 223 g/mol. The summed E-state index contributed by atoms with van der Waals surface area (Å²) in [6.07, 6.45) is -0.802. The largest absolute Gasteiger partial charge is 0.535 e. The van der Waals surface area contributed by atoms with Gasteiger partial charge in [-0.2, -0.15) is 0 Å². The predicted molar refractivity (Wildman–Crippen MR) is 59.9 cm³/mol. The van der Waals surface area contributed by atoms with E-state index in [4.69, 9.17) is 9.39 Å². The van der Waals surface area contributed by atoms with Crippen LogP contribution in [0.4, 0.5) is 0 Å². The monoisotopic (exact) mass is 236 g/mol. The second-order valence-electron chi connectivity index (χ2n) is 4.49. The molecule has 1 aliphatic heterocycles. The lowest BCUT2D eigenvalue weighted by Gasteiger charge is -2.24. The molecular formula is C11H13BO5. The molecule has 1 heterocycles. The predicted octanol–water partition coefficient (Wildman–Crippen LogP) is 0.409.